The summed E-state index contributed by atoms with van der Waals surface area (Å²) in [5.74, 6) is 0. The van der Waals surface area contributed by atoms with Gasteiger partial charge in [-0.2, -0.15) is 0 Å². The monoisotopic (exact) mass is 630 g/mol. The van der Waals surface area contributed by atoms with E-state index in [2.05, 4.69) is 18.2 Å². The maximum Gasteiger partial charge on any atom is 0.143 e. The van der Waals surface area contributed by atoms with Crippen LogP contribution in [0.15, 0.2) is 186 Å². The molecule has 10 aromatic rings. The highest BCUT2D eigenvalue weighted by Gasteiger charge is 2.19. The first kappa shape index (κ1) is 20.7. The zero-order valence-electron chi connectivity index (χ0n) is 34.1. The van der Waals surface area contributed by atoms with Crippen LogP contribution in [-0.2, 0) is 0 Å². The molecule has 0 saturated heterocycles. The Morgan fingerprint density at radius 2 is 0.939 bits per heavy atom. The van der Waals surface area contributed by atoms with Crippen LogP contribution in [0.3, 0.4) is 0 Å². The van der Waals surface area contributed by atoms with Crippen molar-refractivity contribution in [2.45, 2.75) is 0 Å². The molecular formula is C48H30O. The molecule has 0 fully saturated rings. The molecule has 1 heterocycles. The van der Waals surface area contributed by atoms with Crippen LogP contribution in [0.4, 0.5) is 0 Å². The van der Waals surface area contributed by atoms with E-state index in [0.717, 1.165) is 49.4 Å². The molecule has 9 aromatic carbocycles. The van der Waals surface area contributed by atoms with Crippen LogP contribution < -0.4 is 0 Å². The maximum absolute atomic E-state index is 9.41. The van der Waals surface area contributed by atoms with Gasteiger partial charge >= 0.3 is 0 Å². The lowest BCUT2D eigenvalue weighted by molar-refractivity contribution is 0.673. The summed E-state index contributed by atoms with van der Waals surface area (Å²) in [4.78, 5) is 0. The third kappa shape index (κ3) is 4.40. The normalized spacial score (nSPS) is 14.0. The third-order valence-corrected chi connectivity index (χ3v) is 9.48. The Hall–Kier alpha value is -6.44. The minimum Gasteiger partial charge on any atom is -0.455 e. The molecule has 0 aliphatic carbocycles. The fraction of sp³-hybridized carbons (Fsp3) is 0. The van der Waals surface area contributed by atoms with Gasteiger partial charge in [0.2, 0.25) is 0 Å². The van der Waals surface area contributed by atoms with Crippen molar-refractivity contribution in [3.63, 3.8) is 0 Å². The Balaban J connectivity index is 1.33. The Morgan fingerprint density at radius 3 is 1.63 bits per heavy atom. The van der Waals surface area contributed by atoms with E-state index in [1.807, 2.05) is 115 Å². The molecule has 1 aromatic heterocycles. The van der Waals surface area contributed by atoms with Gasteiger partial charge in [0.15, 0.2) is 0 Å². The van der Waals surface area contributed by atoms with Crippen molar-refractivity contribution in [3.8, 4) is 44.5 Å². The second kappa shape index (κ2) is 11.1. The maximum atomic E-state index is 9.41. The number of furan rings is 1. The van der Waals surface area contributed by atoms with Crippen molar-refractivity contribution in [2.75, 3.05) is 0 Å². The Kier molecular flexibility index (Phi) is 4.69. The highest BCUT2D eigenvalue weighted by molar-refractivity contribution is 6.22. The summed E-state index contributed by atoms with van der Waals surface area (Å²) in [5.41, 5.74) is 6.68. The van der Waals surface area contributed by atoms with Gasteiger partial charge in [-0.15, -0.1) is 0 Å². The molecule has 0 aliphatic heterocycles. The van der Waals surface area contributed by atoms with E-state index in [9.17, 15) is 5.48 Å². The fourth-order valence-corrected chi connectivity index (χ4v) is 7.32. The van der Waals surface area contributed by atoms with E-state index in [1.165, 1.54) is 0 Å². The highest BCUT2D eigenvalue weighted by atomic mass is 16.3. The van der Waals surface area contributed by atoms with E-state index >= 15 is 0 Å². The second-order valence-electron chi connectivity index (χ2n) is 12.2. The molecule has 0 radical (unpaired) electrons. The fourth-order valence-electron chi connectivity index (χ4n) is 7.32. The summed E-state index contributed by atoms with van der Waals surface area (Å²) in [6.07, 6.45) is 0. The van der Waals surface area contributed by atoms with Crippen LogP contribution in [0, 0.1) is 0 Å². The lowest BCUT2D eigenvalue weighted by atomic mass is 9.85. The van der Waals surface area contributed by atoms with E-state index in [1.54, 1.807) is 0 Å². The summed E-state index contributed by atoms with van der Waals surface area (Å²) < 4.78 is 79.4. The van der Waals surface area contributed by atoms with E-state index in [-0.39, 0.29) is 45.7 Å². The van der Waals surface area contributed by atoms with E-state index in [4.69, 9.17) is 9.90 Å². The largest absolute Gasteiger partial charge is 0.455 e. The van der Waals surface area contributed by atoms with Crippen molar-refractivity contribution in [1.29, 1.82) is 0 Å². The lowest BCUT2D eigenvalue weighted by Crippen LogP contribution is -1.91. The minimum absolute atomic E-state index is 0.175. The molecule has 0 bridgehead atoms. The predicted octanol–water partition coefficient (Wildman–Crippen LogP) is 13.7. The van der Waals surface area contributed by atoms with Gasteiger partial charge in [-0.3, -0.25) is 0 Å². The SMILES string of the molecule is [2H]c1c([2H])c([2H])c2c(-c3cccc(-c4cccc5oc6c7ccccc7ccc6c45)c3)c3c([2H])c([2H])c([2H])c([2H])c3c(-c3cccc(-c4ccccc4)c3)c2c1[2H]. The van der Waals surface area contributed by atoms with Crippen molar-refractivity contribution in [3.05, 3.63) is 182 Å². The number of hydrogen-bond acceptors (Lipinski definition) is 1. The van der Waals surface area contributed by atoms with Gasteiger partial charge in [-0.1, -0.05) is 158 Å². The Morgan fingerprint density at radius 1 is 0.388 bits per heavy atom. The average Bonchev–Trinajstić information content (AvgIpc) is 3.65. The lowest BCUT2D eigenvalue weighted by Gasteiger charge is -2.18. The van der Waals surface area contributed by atoms with Crippen LogP contribution in [0.1, 0.15) is 11.0 Å². The summed E-state index contributed by atoms with van der Waals surface area (Å²) >= 11 is 0. The van der Waals surface area contributed by atoms with Crippen molar-refractivity contribution in [1.82, 2.24) is 0 Å². The second-order valence-corrected chi connectivity index (χ2v) is 12.2. The summed E-state index contributed by atoms with van der Waals surface area (Å²) in [6.45, 7) is 0. The van der Waals surface area contributed by atoms with Crippen molar-refractivity contribution >= 4 is 54.3 Å². The van der Waals surface area contributed by atoms with Gasteiger partial charge in [0.25, 0.3) is 0 Å². The highest BCUT2D eigenvalue weighted by Crippen LogP contribution is 2.46. The molecule has 1 nitrogen and oxygen atoms in total. The van der Waals surface area contributed by atoms with Crippen LogP contribution in [0.5, 0.6) is 0 Å². The van der Waals surface area contributed by atoms with Crippen LogP contribution in [0.25, 0.3) is 98.8 Å². The molecule has 228 valence electrons. The van der Waals surface area contributed by atoms with Crippen LogP contribution in [0.2, 0.25) is 0 Å². The molecule has 0 atom stereocenters. The smallest absolute Gasteiger partial charge is 0.143 e. The molecule has 0 spiro atoms. The molecule has 10 rings (SSSR count). The minimum atomic E-state index is -0.434. The van der Waals surface area contributed by atoms with Gasteiger partial charge in [0, 0.05) is 16.2 Å². The van der Waals surface area contributed by atoms with Crippen LogP contribution in [-0.4, -0.2) is 0 Å². The topological polar surface area (TPSA) is 13.1 Å². The zero-order chi connectivity index (χ0) is 39.3. The number of hydrogen-bond donors (Lipinski definition) is 0. The number of fused-ring (bicyclic) bond motifs is 7. The first-order valence-electron chi connectivity index (χ1n) is 20.2. The Labute approximate surface area is 295 Å². The van der Waals surface area contributed by atoms with Gasteiger partial charge < -0.3 is 4.42 Å². The molecule has 0 saturated carbocycles. The molecule has 0 aliphatic rings. The molecule has 0 N–H and O–H groups in total. The van der Waals surface area contributed by atoms with E-state index in [0.29, 0.717) is 27.8 Å². The zero-order valence-corrected chi connectivity index (χ0v) is 26.1. The molecule has 1 heteroatoms. The van der Waals surface area contributed by atoms with Gasteiger partial charge in [-0.25, -0.2) is 0 Å². The molecule has 49 heavy (non-hydrogen) atoms. The molecular weight excluding hydrogens is 593 g/mol. The first-order valence-corrected chi connectivity index (χ1v) is 16.2. The summed E-state index contributed by atoms with van der Waals surface area (Å²) in [5, 5.41) is 4.65. The van der Waals surface area contributed by atoms with Gasteiger partial charge in [0.05, 0.1) is 11.0 Å². The standard InChI is InChI=1S/C48H30O/c1-2-13-31(14-3-1)33-16-10-18-35(29-33)45-39-21-6-8-23-41(39)46(42-24-9-7-22-40(42)45)36-19-11-17-34(30-36)37-25-12-26-44-47(37)43-28-27-32-15-4-5-20-38(32)48(43)49-44/h1-30H/i6D,7D,8D,9D,21D,22D,23D,24D. The van der Waals surface area contributed by atoms with Gasteiger partial charge in [0.1, 0.15) is 11.2 Å². The predicted molar refractivity (Wildman–Crippen MR) is 208 cm³/mol. The number of benzene rings is 9. The number of rotatable bonds is 4. The summed E-state index contributed by atoms with van der Waals surface area (Å²) in [6, 6.07) is 40.1. The Bertz CT molecular complexity index is 3250. The van der Waals surface area contributed by atoms with Crippen molar-refractivity contribution in [2.24, 2.45) is 0 Å². The quantitative estimate of drug-likeness (QED) is 0.176. The van der Waals surface area contributed by atoms with E-state index < -0.39 is 24.2 Å². The van der Waals surface area contributed by atoms with Crippen LogP contribution >= 0.6 is 0 Å². The molecule has 0 amide bonds. The van der Waals surface area contributed by atoms with Gasteiger partial charge in [-0.05, 0) is 95.7 Å². The van der Waals surface area contributed by atoms with Crippen molar-refractivity contribution < 1.29 is 15.4 Å². The first-order chi connectivity index (χ1) is 27.6. The average molecular weight is 631 g/mol. The third-order valence-electron chi connectivity index (χ3n) is 9.48. The molecule has 0 unspecified atom stereocenters. The summed E-state index contributed by atoms with van der Waals surface area (Å²) in [7, 11) is 0.